The molecule has 144 valence electrons. The van der Waals surface area contributed by atoms with Gasteiger partial charge in [0.1, 0.15) is 0 Å². The third-order valence-electron chi connectivity index (χ3n) is 5.58. The van der Waals surface area contributed by atoms with E-state index in [0.717, 1.165) is 24.7 Å². The molecule has 7 nitrogen and oxygen atoms in total. The van der Waals surface area contributed by atoms with Crippen LogP contribution in [-0.4, -0.2) is 71.5 Å². The number of hydrogen-bond donors (Lipinski definition) is 0. The fourth-order valence-electron chi connectivity index (χ4n) is 4.21. The monoisotopic (exact) mass is 369 g/mol. The Labute approximate surface area is 160 Å². The number of aryl methyl sites for hydroxylation is 2. The van der Waals surface area contributed by atoms with Gasteiger partial charge in [0.05, 0.1) is 0 Å². The SMILES string of the molecule is Cc1ccc(C)c(N2CCN3C2=NC2C3C(=O)N(CC(C)C)C(=O)N2C)c1. The zero-order valence-electron chi connectivity index (χ0n) is 16.6. The second kappa shape index (κ2) is 6.25. The zero-order chi connectivity index (χ0) is 19.5. The molecule has 2 unspecified atom stereocenters. The van der Waals surface area contributed by atoms with Gasteiger partial charge in [-0.3, -0.25) is 9.69 Å². The van der Waals surface area contributed by atoms with Gasteiger partial charge in [0, 0.05) is 32.4 Å². The standard InChI is InChI=1S/C20H27N5O2/c1-12(2)11-25-18(26)16-17(22(5)20(25)27)21-19-23(8-9-24(16)19)15-10-13(3)6-7-14(15)4/h6-7,10,12,16-17H,8-9,11H2,1-5H3. The summed E-state index contributed by atoms with van der Waals surface area (Å²) in [6.45, 7) is 10.2. The Morgan fingerprint density at radius 1 is 1.19 bits per heavy atom. The lowest BCUT2D eigenvalue weighted by molar-refractivity contribution is -0.137. The maximum atomic E-state index is 13.2. The predicted octanol–water partition coefficient (Wildman–Crippen LogP) is 2.04. The van der Waals surface area contributed by atoms with E-state index in [1.807, 2.05) is 13.8 Å². The van der Waals surface area contributed by atoms with E-state index in [0.29, 0.717) is 6.54 Å². The smallest absolute Gasteiger partial charge is 0.325 e. The second-order valence-corrected chi connectivity index (χ2v) is 8.16. The molecule has 0 bridgehead atoms. The number of likely N-dealkylation sites (N-methyl/N-ethyl adjacent to an activating group) is 1. The maximum Gasteiger partial charge on any atom is 0.328 e. The van der Waals surface area contributed by atoms with Crippen molar-refractivity contribution in [1.29, 1.82) is 0 Å². The van der Waals surface area contributed by atoms with Crippen molar-refractivity contribution in [2.45, 2.75) is 39.9 Å². The highest BCUT2D eigenvalue weighted by Crippen LogP contribution is 2.34. The van der Waals surface area contributed by atoms with E-state index in [1.165, 1.54) is 16.0 Å². The Hall–Kier alpha value is -2.57. The van der Waals surface area contributed by atoms with Gasteiger partial charge in [-0.15, -0.1) is 0 Å². The minimum Gasteiger partial charge on any atom is -0.325 e. The first kappa shape index (κ1) is 17.8. The molecule has 2 fully saturated rings. The lowest BCUT2D eigenvalue weighted by Crippen LogP contribution is -2.65. The van der Waals surface area contributed by atoms with Gasteiger partial charge in [-0.05, 0) is 37.0 Å². The summed E-state index contributed by atoms with van der Waals surface area (Å²) in [4.78, 5) is 37.9. The number of nitrogens with zero attached hydrogens (tertiary/aromatic N) is 5. The van der Waals surface area contributed by atoms with Crippen LogP contribution in [0.1, 0.15) is 25.0 Å². The molecule has 0 aromatic heterocycles. The van der Waals surface area contributed by atoms with Gasteiger partial charge < -0.3 is 14.7 Å². The Morgan fingerprint density at radius 3 is 2.63 bits per heavy atom. The maximum absolute atomic E-state index is 13.2. The highest BCUT2D eigenvalue weighted by molar-refractivity contribution is 6.08. The van der Waals surface area contributed by atoms with Crippen LogP contribution in [0, 0.1) is 19.8 Å². The summed E-state index contributed by atoms with van der Waals surface area (Å²) < 4.78 is 0. The molecule has 27 heavy (non-hydrogen) atoms. The molecule has 0 N–H and O–H groups in total. The molecule has 0 saturated carbocycles. The predicted molar refractivity (Wildman–Crippen MR) is 105 cm³/mol. The van der Waals surface area contributed by atoms with Crippen molar-refractivity contribution in [2.75, 3.05) is 31.6 Å². The summed E-state index contributed by atoms with van der Waals surface area (Å²) in [6, 6.07) is 5.70. The minimum absolute atomic E-state index is 0.127. The number of amides is 3. The Balaban J connectivity index is 1.68. The lowest BCUT2D eigenvalue weighted by atomic mass is 10.1. The molecule has 3 amide bonds. The van der Waals surface area contributed by atoms with Gasteiger partial charge in [0.25, 0.3) is 5.91 Å². The third kappa shape index (κ3) is 2.67. The van der Waals surface area contributed by atoms with Gasteiger partial charge in [0.15, 0.2) is 12.2 Å². The number of imide groups is 1. The van der Waals surface area contributed by atoms with Crippen LogP contribution in [0.4, 0.5) is 10.5 Å². The summed E-state index contributed by atoms with van der Waals surface area (Å²) in [7, 11) is 1.74. The van der Waals surface area contributed by atoms with Crippen molar-refractivity contribution in [3.05, 3.63) is 29.3 Å². The first-order valence-electron chi connectivity index (χ1n) is 9.57. The Bertz CT molecular complexity index is 834. The van der Waals surface area contributed by atoms with E-state index in [1.54, 1.807) is 11.9 Å². The van der Waals surface area contributed by atoms with Crippen molar-refractivity contribution >= 4 is 23.6 Å². The van der Waals surface area contributed by atoms with Crippen molar-refractivity contribution in [1.82, 2.24) is 14.7 Å². The second-order valence-electron chi connectivity index (χ2n) is 8.16. The fourth-order valence-corrected chi connectivity index (χ4v) is 4.21. The summed E-state index contributed by atoms with van der Waals surface area (Å²) >= 11 is 0. The number of urea groups is 1. The van der Waals surface area contributed by atoms with E-state index in [-0.39, 0.29) is 17.9 Å². The fraction of sp³-hybridized carbons (Fsp3) is 0.550. The van der Waals surface area contributed by atoms with Gasteiger partial charge in [-0.2, -0.15) is 0 Å². The topological polar surface area (TPSA) is 59.5 Å². The van der Waals surface area contributed by atoms with Crippen molar-refractivity contribution in [3.8, 4) is 0 Å². The average Bonchev–Trinajstić information content (AvgIpc) is 3.18. The number of rotatable bonds is 3. The summed E-state index contributed by atoms with van der Waals surface area (Å²) in [5.41, 5.74) is 3.49. The van der Waals surface area contributed by atoms with Crippen LogP contribution in [-0.2, 0) is 4.79 Å². The molecule has 3 aliphatic rings. The van der Waals surface area contributed by atoms with E-state index < -0.39 is 12.2 Å². The number of benzene rings is 1. The minimum atomic E-state index is -0.448. The number of guanidine groups is 1. The molecule has 0 aliphatic carbocycles. The zero-order valence-corrected chi connectivity index (χ0v) is 16.6. The Morgan fingerprint density at radius 2 is 1.93 bits per heavy atom. The van der Waals surface area contributed by atoms with Crippen LogP contribution in [0.3, 0.4) is 0 Å². The van der Waals surface area contributed by atoms with Crippen LogP contribution in [0.25, 0.3) is 0 Å². The third-order valence-corrected chi connectivity index (χ3v) is 5.58. The van der Waals surface area contributed by atoms with Gasteiger partial charge in [0.2, 0.25) is 5.96 Å². The molecule has 0 spiro atoms. The van der Waals surface area contributed by atoms with E-state index in [9.17, 15) is 9.59 Å². The van der Waals surface area contributed by atoms with Crippen molar-refractivity contribution in [3.63, 3.8) is 0 Å². The highest BCUT2D eigenvalue weighted by Gasteiger charge is 2.54. The Kier molecular flexibility index (Phi) is 4.13. The van der Waals surface area contributed by atoms with Crippen LogP contribution >= 0.6 is 0 Å². The van der Waals surface area contributed by atoms with Crippen molar-refractivity contribution < 1.29 is 9.59 Å². The normalized spacial score (nSPS) is 24.7. The molecule has 1 aromatic rings. The molecular weight excluding hydrogens is 342 g/mol. The highest BCUT2D eigenvalue weighted by atomic mass is 16.2. The van der Waals surface area contributed by atoms with E-state index in [2.05, 4.69) is 41.8 Å². The molecule has 3 aliphatic heterocycles. The van der Waals surface area contributed by atoms with Crippen LogP contribution in [0.5, 0.6) is 0 Å². The van der Waals surface area contributed by atoms with Crippen LogP contribution < -0.4 is 4.90 Å². The first-order valence-corrected chi connectivity index (χ1v) is 9.57. The van der Waals surface area contributed by atoms with Gasteiger partial charge in [-0.1, -0.05) is 26.0 Å². The average molecular weight is 369 g/mol. The number of aliphatic imine (C=N–C) groups is 1. The molecular formula is C20H27N5O2. The van der Waals surface area contributed by atoms with Crippen LogP contribution in [0.2, 0.25) is 0 Å². The summed E-state index contributed by atoms with van der Waals surface area (Å²) in [5.74, 6) is 0.908. The number of anilines is 1. The summed E-state index contributed by atoms with van der Waals surface area (Å²) in [6.07, 6.45) is -0.448. The number of carbonyl (C=O) groups is 2. The van der Waals surface area contributed by atoms with E-state index >= 15 is 0 Å². The molecule has 2 atom stereocenters. The molecule has 1 aromatic carbocycles. The summed E-state index contributed by atoms with van der Waals surface area (Å²) in [5, 5.41) is 0. The molecule has 3 heterocycles. The largest absolute Gasteiger partial charge is 0.328 e. The number of fused-ring (bicyclic) bond motifs is 3. The van der Waals surface area contributed by atoms with Crippen LogP contribution in [0.15, 0.2) is 23.2 Å². The molecule has 4 rings (SSSR count). The molecule has 0 radical (unpaired) electrons. The molecule has 7 heteroatoms. The van der Waals surface area contributed by atoms with Gasteiger partial charge in [-0.25, -0.2) is 9.79 Å². The number of carbonyl (C=O) groups excluding carboxylic acids is 2. The quantitative estimate of drug-likeness (QED) is 0.818. The first-order chi connectivity index (χ1) is 12.8. The van der Waals surface area contributed by atoms with Crippen molar-refractivity contribution in [2.24, 2.45) is 10.9 Å². The molecule has 2 saturated heterocycles. The lowest BCUT2D eigenvalue weighted by Gasteiger charge is -2.41. The van der Waals surface area contributed by atoms with E-state index in [4.69, 9.17) is 4.99 Å². The number of hydrogen-bond acceptors (Lipinski definition) is 5. The van der Waals surface area contributed by atoms with Gasteiger partial charge >= 0.3 is 6.03 Å².